The number of aliphatic hydroxyl groups excluding tert-OH is 1. The fraction of sp³-hybridized carbons (Fsp3) is 0.667. The number of nitrogens with zero attached hydrogens (tertiary/aromatic N) is 1. The summed E-state index contributed by atoms with van der Waals surface area (Å²) in [6, 6.07) is 6.75. The Morgan fingerprint density at radius 3 is 2.93 bits per heavy atom. The van der Waals surface area contributed by atoms with Crippen molar-refractivity contribution in [3.05, 3.63) is 35.6 Å². The van der Waals surface area contributed by atoms with Crippen LogP contribution in [0.25, 0.3) is 0 Å². The number of aliphatic hydroxyl groups is 1. The van der Waals surface area contributed by atoms with Gasteiger partial charge in [-0.25, -0.2) is 4.39 Å². The van der Waals surface area contributed by atoms with Gasteiger partial charge in [-0.3, -0.25) is 9.69 Å². The number of ether oxygens (including phenoxy) is 2. The maximum atomic E-state index is 14.2. The molecule has 0 bridgehead atoms. The Bertz CT molecular complexity index is 645. The Balaban J connectivity index is 1.66. The average Bonchev–Trinajstić information content (AvgIpc) is 2.66. The first-order chi connectivity index (χ1) is 13.6. The molecule has 2 heterocycles. The lowest BCUT2D eigenvalue weighted by Gasteiger charge is -2.44. The maximum absolute atomic E-state index is 14.2. The molecule has 0 aromatic heterocycles. The standard InChI is InChI=1S/C21H31FN2O4/c1-2-9-23-21(26)10-17-7-8-19-20(28-17)14-27-13-16(25)12-24(19)11-15-5-3-4-6-18(15)22/h3-6,16-17,19-20,25H,2,7-14H2,1H3,(H,23,26)/t16-,17-,19+,20-/m1/s1. The minimum absolute atomic E-state index is 0.00991. The van der Waals surface area contributed by atoms with E-state index in [1.807, 2.05) is 13.0 Å². The smallest absolute Gasteiger partial charge is 0.222 e. The van der Waals surface area contributed by atoms with E-state index in [9.17, 15) is 14.3 Å². The summed E-state index contributed by atoms with van der Waals surface area (Å²) in [4.78, 5) is 14.1. The lowest BCUT2D eigenvalue weighted by molar-refractivity contribution is -0.158. The molecule has 1 amide bonds. The van der Waals surface area contributed by atoms with Crippen molar-refractivity contribution in [2.24, 2.45) is 0 Å². The fourth-order valence-corrected chi connectivity index (χ4v) is 4.02. The van der Waals surface area contributed by atoms with Crippen LogP contribution in [0.5, 0.6) is 0 Å². The number of hydrogen-bond acceptors (Lipinski definition) is 5. The van der Waals surface area contributed by atoms with Gasteiger partial charge in [-0.05, 0) is 25.3 Å². The number of carbonyl (C=O) groups excluding carboxylic acids is 1. The monoisotopic (exact) mass is 394 g/mol. The first kappa shape index (κ1) is 21.2. The second kappa shape index (κ2) is 10.3. The average molecular weight is 394 g/mol. The van der Waals surface area contributed by atoms with Crippen molar-refractivity contribution in [2.75, 3.05) is 26.3 Å². The van der Waals surface area contributed by atoms with E-state index in [4.69, 9.17) is 9.47 Å². The van der Waals surface area contributed by atoms with E-state index >= 15 is 0 Å². The van der Waals surface area contributed by atoms with Gasteiger partial charge in [-0.15, -0.1) is 0 Å². The van der Waals surface area contributed by atoms with Crippen LogP contribution in [0, 0.1) is 5.82 Å². The Morgan fingerprint density at radius 1 is 1.32 bits per heavy atom. The van der Waals surface area contributed by atoms with E-state index in [-0.39, 0.29) is 36.6 Å². The van der Waals surface area contributed by atoms with Crippen LogP contribution >= 0.6 is 0 Å². The van der Waals surface area contributed by atoms with Crippen LogP contribution in [0.1, 0.15) is 38.2 Å². The molecule has 2 N–H and O–H groups in total. The van der Waals surface area contributed by atoms with Crippen molar-refractivity contribution in [1.82, 2.24) is 10.2 Å². The molecule has 2 aliphatic rings. The Morgan fingerprint density at radius 2 is 2.14 bits per heavy atom. The van der Waals surface area contributed by atoms with Crippen molar-refractivity contribution in [2.45, 2.75) is 63.5 Å². The van der Waals surface area contributed by atoms with E-state index in [1.165, 1.54) is 6.07 Å². The number of carbonyl (C=O) groups is 1. The number of nitrogens with one attached hydrogen (secondary N) is 1. The van der Waals surface area contributed by atoms with E-state index < -0.39 is 6.10 Å². The summed E-state index contributed by atoms with van der Waals surface area (Å²) in [5.74, 6) is -0.232. The molecule has 6 nitrogen and oxygen atoms in total. The van der Waals surface area contributed by atoms with Gasteiger partial charge in [0, 0.05) is 31.2 Å². The zero-order chi connectivity index (χ0) is 19.9. The number of amides is 1. The van der Waals surface area contributed by atoms with Crippen molar-refractivity contribution in [1.29, 1.82) is 0 Å². The minimum Gasteiger partial charge on any atom is -0.389 e. The second-order valence-electron chi connectivity index (χ2n) is 7.71. The van der Waals surface area contributed by atoms with Gasteiger partial charge < -0.3 is 19.9 Å². The lowest BCUT2D eigenvalue weighted by Crippen LogP contribution is -2.55. The summed E-state index contributed by atoms with van der Waals surface area (Å²) in [6.07, 6.45) is 1.87. The summed E-state index contributed by atoms with van der Waals surface area (Å²) in [7, 11) is 0. The molecule has 4 atom stereocenters. The quantitative estimate of drug-likeness (QED) is 0.771. The zero-order valence-electron chi connectivity index (χ0n) is 16.5. The summed E-state index contributed by atoms with van der Waals surface area (Å²) in [6.45, 7) is 4.10. The van der Waals surface area contributed by atoms with Crippen LogP contribution in [0.2, 0.25) is 0 Å². The van der Waals surface area contributed by atoms with Crippen molar-refractivity contribution in [3.63, 3.8) is 0 Å². The van der Waals surface area contributed by atoms with Gasteiger partial charge in [0.15, 0.2) is 0 Å². The molecule has 2 fully saturated rings. The van der Waals surface area contributed by atoms with Crippen LogP contribution in [0.4, 0.5) is 4.39 Å². The molecule has 7 heteroatoms. The van der Waals surface area contributed by atoms with E-state index in [2.05, 4.69) is 10.2 Å². The van der Waals surface area contributed by atoms with Crippen molar-refractivity contribution < 1.29 is 23.8 Å². The van der Waals surface area contributed by atoms with Gasteiger partial charge in [-0.2, -0.15) is 0 Å². The molecular formula is C21H31FN2O4. The highest BCUT2D eigenvalue weighted by atomic mass is 19.1. The van der Waals surface area contributed by atoms with Gasteiger partial charge in [0.2, 0.25) is 5.91 Å². The van der Waals surface area contributed by atoms with Gasteiger partial charge in [0.05, 0.1) is 37.9 Å². The minimum atomic E-state index is -0.620. The summed E-state index contributed by atoms with van der Waals surface area (Å²) in [5.41, 5.74) is 0.607. The molecule has 2 aliphatic heterocycles. The molecule has 0 spiro atoms. The predicted octanol–water partition coefficient (Wildman–Crippen LogP) is 1.85. The second-order valence-corrected chi connectivity index (χ2v) is 7.71. The van der Waals surface area contributed by atoms with Gasteiger partial charge >= 0.3 is 0 Å². The molecule has 2 saturated heterocycles. The van der Waals surface area contributed by atoms with Gasteiger partial charge in [-0.1, -0.05) is 25.1 Å². The molecule has 0 unspecified atom stereocenters. The third-order valence-electron chi connectivity index (χ3n) is 5.40. The normalized spacial score (nSPS) is 28.8. The molecule has 1 aromatic carbocycles. The summed E-state index contributed by atoms with van der Waals surface area (Å²) < 4.78 is 26.0. The van der Waals surface area contributed by atoms with Crippen molar-refractivity contribution >= 4 is 5.91 Å². The van der Waals surface area contributed by atoms with Crippen LogP contribution in [0.3, 0.4) is 0 Å². The number of hydrogen-bond donors (Lipinski definition) is 2. The fourth-order valence-electron chi connectivity index (χ4n) is 4.02. The largest absolute Gasteiger partial charge is 0.389 e. The molecule has 0 saturated carbocycles. The summed E-state index contributed by atoms with van der Waals surface area (Å²) in [5, 5.41) is 13.1. The Hall–Kier alpha value is -1.54. The molecule has 0 radical (unpaired) electrons. The first-order valence-electron chi connectivity index (χ1n) is 10.2. The SMILES string of the molecule is CCCNC(=O)C[C@H]1CC[C@H]2[C@@H](COC[C@H](O)CN2Cc2ccccc2F)O1. The van der Waals surface area contributed by atoms with Crippen molar-refractivity contribution in [3.8, 4) is 0 Å². The number of rotatable bonds is 6. The first-order valence-corrected chi connectivity index (χ1v) is 10.2. The van der Waals surface area contributed by atoms with E-state index in [0.29, 0.717) is 38.2 Å². The van der Waals surface area contributed by atoms with E-state index in [1.54, 1.807) is 12.1 Å². The van der Waals surface area contributed by atoms with Gasteiger partial charge in [0.1, 0.15) is 5.82 Å². The number of halogens is 1. The predicted molar refractivity (Wildman–Crippen MR) is 103 cm³/mol. The molecule has 1 aromatic rings. The van der Waals surface area contributed by atoms with Gasteiger partial charge in [0.25, 0.3) is 0 Å². The molecule has 3 rings (SSSR count). The third-order valence-corrected chi connectivity index (χ3v) is 5.40. The van der Waals surface area contributed by atoms with Crippen LogP contribution in [-0.4, -0.2) is 66.6 Å². The third kappa shape index (κ3) is 5.73. The molecule has 0 aliphatic carbocycles. The topological polar surface area (TPSA) is 71.0 Å². The highest BCUT2D eigenvalue weighted by Crippen LogP contribution is 2.29. The number of fused-ring (bicyclic) bond motifs is 1. The molecule has 156 valence electrons. The number of benzene rings is 1. The highest BCUT2D eigenvalue weighted by Gasteiger charge is 2.38. The zero-order valence-corrected chi connectivity index (χ0v) is 16.5. The highest BCUT2D eigenvalue weighted by molar-refractivity contribution is 5.76. The Kier molecular flexibility index (Phi) is 7.79. The molecular weight excluding hydrogens is 363 g/mol. The van der Waals surface area contributed by atoms with Crippen LogP contribution < -0.4 is 5.32 Å². The van der Waals surface area contributed by atoms with Crippen LogP contribution in [-0.2, 0) is 20.8 Å². The number of β-amino-alcohol motifs (C(OH)–C–C–N with tert-alkyl or cyclic N) is 1. The lowest BCUT2D eigenvalue weighted by atomic mass is 9.94. The van der Waals surface area contributed by atoms with Crippen LogP contribution in [0.15, 0.2) is 24.3 Å². The maximum Gasteiger partial charge on any atom is 0.222 e. The molecule has 28 heavy (non-hydrogen) atoms. The van der Waals surface area contributed by atoms with E-state index in [0.717, 1.165) is 19.3 Å². The summed E-state index contributed by atoms with van der Waals surface area (Å²) >= 11 is 0. The Labute approximate surface area is 166 Å².